The van der Waals surface area contributed by atoms with E-state index in [1.165, 1.54) is 0 Å². The zero-order valence-corrected chi connectivity index (χ0v) is 18.9. The summed E-state index contributed by atoms with van der Waals surface area (Å²) in [6, 6.07) is 20.8. The molecule has 1 atom stereocenters. The number of halogens is 1. The summed E-state index contributed by atoms with van der Waals surface area (Å²) in [5.41, 5.74) is 5.57. The second-order valence-electron chi connectivity index (χ2n) is 7.95. The zero-order chi connectivity index (χ0) is 23.4. The van der Waals surface area contributed by atoms with E-state index in [0.717, 1.165) is 27.9 Å². The van der Waals surface area contributed by atoms with Crippen LogP contribution in [-0.4, -0.2) is 29.7 Å². The fourth-order valence-corrected chi connectivity index (χ4v) is 4.19. The molecule has 0 saturated heterocycles. The Morgan fingerprint density at radius 2 is 1.88 bits per heavy atom. The number of aliphatic imine (C=N–C) groups is 1. The molecule has 168 valence electrons. The van der Waals surface area contributed by atoms with Gasteiger partial charge in [-0.1, -0.05) is 48.0 Å². The van der Waals surface area contributed by atoms with Crippen LogP contribution >= 0.6 is 11.6 Å². The van der Waals surface area contributed by atoms with Crippen LogP contribution in [0, 0.1) is 0 Å². The third kappa shape index (κ3) is 5.30. The van der Waals surface area contributed by atoms with Crippen molar-refractivity contribution in [3.8, 4) is 0 Å². The van der Waals surface area contributed by atoms with Crippen molar-refractivity contribution in [2.75, 3.05) is 12.4 Å². The lowest BCUT2D eigenvalue weighted by Gasteiger charge is -2.15. The van der Waals surface area contributed by atoms with Crippen molar-refractivity contribution in [2.45, 2.75) is 25.3 Å². The number of anilines is 1. The highest BCUT2D eigenvalue weighted by Crippen LogP contribution is 2.38. The molecule has 6 nitrogen and oxygen atoms in total. The van der Waals surface area contributed by atoms with Crippen molar-refractivity contribution in [3.05, 3.63) is 94.0 Å². The molecule has 4 rings (SSSR count). The maximum atomic E-state index is 13.1. The number of aliphatic carboxylic acids is 1. The number of hydrogen-bond donors (Lipinski definition) is 3. The summed E-state index contributed by atoms with van der Waals surface area (Å²) in [5.74, 6) is -1.63. The van der Waals surface area contributed by atoms with E-state index in [-0.39, 0.29) is 12.3 Å². The van der Waals surface area contributed by atoms with E-state index >= 15 is 0 Å². The molecule has 0 radical (unpaired) electrons. The van der Waals surface area contributed by atoms with Gasteiger partial charge in [-0.3, -0.25) is 14.6 Å². The first-order valence-corrected chi connectivity index (χ1v) is 11.1. The topological polar surface area (TPSA) is 90.8 Å². The molecule has 3 N–H and O–H groups in total. The Kier molecular flexibility index (Phi) is 6.87. The first kappa shape index (κ1) is 22.7. The number of rotatable bonds is 8. The smallest absolute Gasteiger partial charge is 0.303 e. The molecule has 1 aliphatic rings. The Bertz CT molecular complexity index is 1240. The lowest BCUT2D eigenvalue weighted by molar-refractivity contribution is -0.137. The Morgan fingerprint density at radius 3 is 2.67 bits per heavy atom. The molecule has 0 bridgehead atoms. The molecule has 0 aromatic heterocycles. The molecule has 7 heteroatoms. The van der Waals surface area contributed by atoms with Crippen molar-refractivity contribution in [1.29, 1.82) is 0 Å². The quantitative estimate of drug-likeness (QED) is 0.415. The zero-order valence-electron chi connectivity index (χ0n) is 18.1. The SMILES string of the molecule is CNCc1cccc(N=C(c2cccc(CCC(=O)O)c2)C2C(=O)Nc3cc(Cl)ccc32)c1. The van der Waals surface area contributed by atoms with Crippen LogP contribution in [-0.2, 0) is 22.6 Å². The van der Waals surface area contributed by atoms with Crippen LogP contribution < -0.4 is 10.6 Å². The van der Waals surface area contributed by atoms with E-state index in [4.69, 9.17) is 21.7 Å². The molecule has 0 fully saturated rings. The molecule has 33 heavy (non-hydrogen) atoms. The number of amides is 1. The molecular weight excluding hydrogens is 438 g/mol. The summed E-state index contributed by atoms with van der Waals surface area (Å²) in [7, 11) is 1.88. The van der Waals surface area contributed by atoms with Crippen LogP contribution in [0.5, 0.6) is 0 Å². The molecule has 0 saturated carbocycles. The first-order valence-electron chi connectivity index (χ1n) is 10.7. The maximum Gasteiger partial charge on any atom is 0.303 e. The van der Waals surface area contributed by atoms with Gasteiger partial charge in [0.1, 0.15) is 5.92 Å². The molecule has 0 spiro atoms. The second kappa shape index (κ2) is 9.98. The average molecular weight is 462 g/mol. The largest absolute Gasteiger partial charge is 0.481 e. The van der Waals surface area contributed by atoms with Crippen LogP contribution in [0.1, 0.15) is 34.6 Å². The van der Waals surface area contributed by atoms with Gasteiger partial charge in [0.15, 0.2) is 0 Å². The molecule has 1 unspecified atom stereocenters. The lowest BCUT2D eigenvalue weighted by Crippen LogP contribution is -2.22. The van der Waals surface area contributed by atoms with Gasteiger partial charge in [-0.15, -0.1) is 0 Å². The van der Waals surface area contributed by atoms with Gasteiger partial charge in [-0.2, -0.15) is 0 Å². The number of nitrogens with one attached hydrogen (secondary N) is 2. The summed E-state index contributed by atoms with van der Waals surface area (Å²) >= 11 is 6.14. The number of hydrogen-bond acceptors (Lipinski definition) is 4. The monoisotopic (exact) mass is 461 g/mol. The third-order valence-corrected chi connectivity index (χ3v) is 5.75. The molecular formula is C26H24ClN3O3. The summed E-state index contributed by atoms with van der Waals surface area (Å²) < 4.78 is 0. The van der Waals surface area contributed by atoms with E-state index in [1.807, 2.05) is 61.6 Å². The van der Waals surface area contributed by atoms with E-state index < -0.39 is 11.9 Å². The minimum atomic E-state index is -0.850. The van der Waals surface area contributed by atoms with Crippen LogP contribution in [0.25, 0.3) is 0 Å². The van der Waals surface area contributed by atoms with Crippen LogP contribution in [0.2, 0.25) is 5.02 Å². The van der Waals surface area contributed by atoms with Gasteiger partial charge >= 0.3 is 5.97 Å². The van der Waals surface area contributed by atoms with E-state index in [2.05, 4.69) is 10.6 Å². The minimum Gasteiger partial charge on any atom is -0.481 e. The molecule has 1 heterocycles. The number of carboxylic acids is 1. The number of nitrogens with zero attached hydrogens (tertiary/aromatic N) is 1. The highest BCUT2D eigenvalue weighted by molar-refractivity contribution is 6.31. The fourth-order valence-electron chi connectivity index (χ4n) is 4.02. The number of fused-ring (bicyclic) bond motifs is 1. The Hall–Kier alpha value is -3.48. The number of carbonyl (C=O) groups is 2. The van der Waals surface area contributed by atoms with Crippen LogP contribution in [0.15, 0.2) is 71.7 Å². The van der Waals surface area contributed by atoms with E-state index in [0.29, 0.717) is 29.4 Å². The Labute approximate surface area is 197 Å². The van der Waals surface area contributed by atoms with Crippen molar-refractivity contribution in [3.63, 3.8) is 0 Å². The van der Waals surface area contributed by atoms with Crippen molar-refractivity contribution in [2.24, 2.45) is 4.99 Å². The standard InChI is InChI=1S/C26H24ClN3O3/c1-28-15-17-5-3-7-20(13-17)29-25(18-6-2-4-16(12-18)8-11-23(31)32)24-21-10-9-19(27)14-22(21)30-26(24)33/h2-7,9-10,12-14,24,28H,8,11,15H2,1H3,(H,30,33)(H,31,32). The van der Waals surface area contributed by atoms with Gasteiger partial charge in [0, 0.05) is 23.7 Å². The van der Waals surface area contributed by atoms with Gasteiger partial charge in [-0.25, -0.2) is 0 Å². The van der Waals surface area contributed by atoms with Crippen LogP contribution in [0.3, 0.4) is 0 Å². The van der Waals surface area contributed by atoms with Gasteiger partial charge in [0.05, 0.1) is 11.4 Å². The molecule has 3 aromatic rings. The summed E-state index contributed by atoms with van der Waals surface area (Å²) in [6.45, 7) is 0.703. The molecule has 0 aliphatic carbocycles. The first-order chi connectivity index (χ1) is 15.9. The molecule has 1 aliphatic heterocycles. The van der Waals surface area contributed by atoms with Gasteiger partial charge < -0.3 is 15.7 Å². The van der Waals surface area contributed by atoms with E-state index in [1.54, 1.807) is 12.1 Å². The highest BCUT2D eigenvalue weighted by atomic mass is 35.5. The number of aryl methyl sites for hydroxylation is 1. The lowest BCUT2D eigenvalue weighted by atomic mass is 9.89. The summed E-state index contributed by atoms with van der Waals surface area (Å²) in [6.07, 6.45) is 0.435. The second-order valence-corrected chi connectivity index (χ2v) is 8.38. The van der Waals surface area contributed by atoms with Gasteiger partial charge in [0.25, 0.3) is 0 Å². The predicted octanol–water partition coefficient (Wildman–Crippen LogP) is 4.93. The summed E-state index contributed by atoms with van der Waals surface area (Å²) in [5, 5.41) is 15.7. The normalized spacial score (nSPS) is 15.3. The number of carboxylic acid groups (broad SMARTS) is 1. The number of benzene rings is 3. The minimum absolute atomic E-state index is 0.0350. The Morgan fingerprint density at radius 1 is 1.09 bits per heavy atom. The molecule has 1 amide bonds. The predicted molar refractivity (Wildman–Crippen MR) is 131 cm³/mol. The van der Waals surface area contributed by atoms with Gasteiger partial charge in [-0.05, 0) is 66.1 Å². The van der Waals surface area contributed by atoms with Crippen molar-refractivity contribution >= 4 is 40.6 Å². The maximum absolute atomic E-state index is 13.1. The summed E-state index contributed by atoms with van der Waals surface area (Å²) in [4.78, 5) is 29.1. The Balaban J connectivity index is 1.82. The highest BCUT2D eigenvalue weighted by Gasteiger charge is 2.35. The average Bonchev–Trinajstić information content (AvgIpc) is 3.11. The number of carbonyl (C=O) groups excluding carboxylic acids is 1. The third-order valence-electron chi connectivity index (χ3n) is 5.51. The van der Waals surface area contributed by atoms with E-state index in [9.17, 15) is 9.59 Å². The van der Waals surface area contributed by atoms with Crippen LogP contribution in [0.4, 0.5) is 11.4 Å². The van der Waals surface area contributed by atoms with Crippen molar-refractivity contribution in [1.82, 2.24) is 5.32 Å². The van der Waals surface area contributed by atoms with Crippen molar-refractivity contribution < 1.29 is 14.7 Å². The molecule has 3 aromatic carbocycles. The fraction of sp³-hybridized carbons (Fsp3) is 0.192. The van der Waals surface area contributed by atoms with Gasteiger partial charge in [0.2, 0.25) is 5.91 Å².